The topological polar surface area (TPSA) is 72.5 Å². The first-order chi connectivity index (χ1) is 9.58. The summed E-state index contributed by atoms with van der Waals surface area (Å²) >= 11 is 5.55. The van der Waals surface area contributed by atoms with Gasteiger partial charge in [0.2, 0.25) is 10.0 Å². The summed E-state index contributed by atoms with van der Waals surface area (Å²) in [7, 11) is -3.15. The molecule has 0 aliphatic carbocycles. The van der Waals surface area contributed by atoms with Crippen molar-refractivity contribution in [1.29, 1.82) is 0 Å². The minimum atomic E-state index is -4.66. The molecule has 1 aromatic carbocycles. The minimum absolute atomic E-state index is 0.490. The molecule has 10 heteroatoms. The number of rotatable bonds is 5. The average molecular weight is 346 g/mol. The van der Waals surface area contributed by atoms with Crippen LogP contribution in [0.15, 0.2) is 29.2 Å². The maximum atomic E-state index is 12.5. The molecule has 1 unspecified atom stereocenters. The smallest absolute Gasteiger partial charge is 0.416 e. The lowest BCUT2D eigenvalue weighted by Gasteiger charge is -2.11. The summed E-state index contributed by atoms with van der Waals surface area (Å²) in [5, 5.41) is -1.28. The Morgan fingerprint density at radius 1 is 1.43 bits per heavy atom. The summed E-state index contributed by atoms with van der Waals surface area (Å²) in [6, 6.07) is 3.20. The lowest BCUT2D eigenvalue weighted by atomic mass is 10.2. The van der Waals surface area contributed by atoms with Crippen molar-refractivity contribution in [3.63, 3.8) is 0 Å². The first-order valence-electron chi connectivity index (χ1n) is 5.47. The van der Waals surface area contributed by atoms with Crippen molar-refractivity contribution >= 4 is 27.6 Å². The maximum absolute atomic E-state index is 12.5. The molecule has 5 nitrogen and oxygen atoms in total. The van der Waals surface area contributed by atoms with Crippen molar-refractivity contribution in [2.24, 2.45) is 0 Å². The number of methoxy groups -OCH3 is 1. The van der Waals surface area contributed by atoms with Gasteiger partial charge in [-0.3, -0.25) is 4.79 Å². The van der Waals surface area contributed by atoms with Gasteiger partial charge >= 0.3 is 12.1 Å². The molecule has 1 aromatic rings. The third-order valence-corrected chi connectivity index (χ3v) is 4.13. The molecule has 1 atom stereocenters. The summed E-state index contributed by atoms with van der Waals surface area (Å²) in [5.41, 5.74) is -1.10. The number of sulfonamides is 1. The van der Waals surface area contributed by atoms with Crippen LogP contribution >= 0.6 is 11.6 Å². The third-order valence-electron chi connectivity index (χ3n) is 2.38. The molecule has 0 aliphatic rings. The van der Waals surface area contributed by atoms with Crippen molar-refractivity contribution < 1.29 is 31.1 Å². The van der Waals surface area contributed by atoms with E-state index in [1.54, 1.807) is 0 Å². The number of alkyl halides is 4. The second-order valence-corrected chi connectivity index (χ2v) is 6.16. The van der Waals surface area contributed by atoms with Gasteiger partial charge in [0.15, 0.2) is 0 Å². The second-order valence-electron chi connectivity index (χ2n) is 3.87. The lowest BCUT2D eigenvalue weighted by molar-refractivity contribution is -0.140. The van der Waals surface area contributed by atoms with E-state index >= 15 is 0 Å². The van der Waals surface area contributed by atoms with E-state index in [0.29, 0.717) is 6.07 Å². The summed E-state index contributed by atoms with van der Waals surface area (Å²) in [4.78, 5) is 10.4. The van der Waals surface area contributed by atoms with Crippen LogP contribution in [-0.2, 0) is 25.7 Å². The van der Waals surface area contributed by atoms with E-state index < -0.39 is 44.5 Å². The van der Waals surface area contributed by atoms with E-state index in [4.69, 9.17) is 11.6 Å². The Morgan fingerprint density at radius 3 is 2.57 bits per heavy atom. The van der Waals surface area contributed by atoms with Crippen LogP contribution in [0.25, 0.3) is 0 Å². The number of hydrogen-bond donors (Lipinski definition) is 1. The van der Waals surface area contributed by atoms with Gasteiger partial charge in [-0.2, -0.15) is 13.2 Å². The van der Waals surface area contributed by atoms with Gasteiger partial charge in [-0.1, -0.05) is 6.07 Å². The molecular weight excluding hydrogens is 335 g/mol. The predicted octanol–water partition coefficient (Wildman–Crippen LogP) is 1.76. The van der Waals surface area contributed by atoms with Gasteiger partial charge < -0.3 is 4.74 Å². The molecule has 1 rings (SSSR count). The maximum Gasteiger partial charge on any atom is 0.416 e. The summed E-state index contributed by atoms with van der Waals surface area (Å²) in [5.74, 6) is -0.858. The third kappa shape index (κ3) is 4.87. The number of benzene rings is 1. The Bertz CT molecular complexity index is 618. The molecule has 0 amide bonds. The quantitative estimate of drug-likeness (QED) is 0.652. The van der Waals surface area contributed by atoms with Gasteiger partial charge in [0, 0.05) is 6.54 Å². The van der Waals surface area contributed by atoms with Crippen LogP contribution in [0, 0.1) is 0 Å². The number of esters is 1. The van der Waals surface area contributed by atoms with Crippen molar-refractivity contribution in [1.82, 2.24) is 4.72 Å². The highest BCUT2D eigenvalue weighted by atomic mass is 35.5. The van der Waals surface area contributed by atoms with Crippen LogP contribution in [0.1, 0.15) is 5.56 Å². The Kier molecular flexibility index (Phi) is 5.60. The van der Waals surface area contributed by atoms with Gasteiger partial charge in [-0.25, -0.2) is 13.1 Å². The number of carbonyl (C=O) groups excluding carboxylic acids is 1. The Balaban J connectivity index is 2.91. The molecule has 0 fully saturated rings. The minimum Gasteiger partial charge on any atom is -0.468 e. The molecule has 0 saturated carbocycles. The highest BCUT2D eigenvalue weighted by molar-refractivity contribution is 7.89. The summed E-state index contributed by atoms with van der Waals surface area (Å²) in [6.45, 7) is -0.507. The van der Waals surface area contributed by atoms with Crippen LogP contribution in [0.4, 0.5) is 13.2 Å². The zero-order valence-electron chi connectivity index (χ0n) is 10.6. The van der Waals surface area contributed by atoms with E-state index in [-0.39, 0.29) is 0 Å². The molecular formula is C11H11ClF3NO4S. The van der Waals surface area contributed by atoms with E-state index in [1.165, 1.54) is 0 Å². The molecule has 0 radical (unpaired) electrons. The fourth-order valence-electron chi connectivity index (χ4n) is 1.32. The standard InChI is InChI=1S/C11H11ClF3NO4S/c1-20-10(17)9(12)6-16-21(18,19)8-4-2-3-7(5-8)11(13,14)15/h2-5,9,16H,6H2,1H3. The SMILES string of the molecule is COC(=O)C(Cl)CNS(=O)(=O)c1cccc(C(F)(F)F)c1. The van der Waals surface area contributed by atoms with Crippen LogP contribution in [-0.4, -0.2) is 33.4 Å². The second kappa shape index (κ2) is 6.63. The van der Waals surface area contributed by atoms with E-state index in [0.717, 1.165) is 25.3 Å². The molecule has 0 heterocycles. The molecule has 0 aromatic heterocycles. The fourth-order valence-corrected chi connectivity index (χ4v) is 2.67. The summed E-state index contributed by atoms with van der Waals surface area (Å²) in [6.07, 6.45) is -4.66. The fraction of sp³-hybridized carbons (Fsp3) is 0.364. The normalized spacial score (nSPS) is 13.8. The molecule has 118 valence electrons. The first-order valence-corrected chi connectivity index (χ1v) is 7.38. The van der Waals surface area contributed by atoms with E-state index in [2.05, 4.69) is 4.74 Å². The number of ether oxygens (including phenoxy) is 1. The molecule has 0 saturated heterocycles. The van der Waals surface area contributed by atoms with Crippen molar-refractivity contribution in [3.05, 3.63) is 29.8 Å². The monoisotopic (exact) mass is 345 g/mol. The van der Waals surface area contributed by atoms with Gasteiger partial charge in [0.1, 0.15) is 5.38 Å². The summed E-state index contributed by atoms with van der Waals surface area (Å²) < 4.78 is 67.5. The van der Waals surface area contributed by atoms with Crippen LogP contribution in [0.2, 0.25) is 0 Å². The van der Waals surface area contributed by atoms with Crippen molar-refractivity contribution in [3.8, 4) is 0 Å². The van der Waals surface area contributed by atoms with Gasteiger partial charge in [-0.05, 0) is 18.2 Å². The average Bonchev–Trinajstić information content (AvgIpc) is 2.43. The molecule has 1 N–H and O–H groups in total. The molecule has 0 bridgehead atoms. The van der Waals surface area contributed by atoms with Gasteiger partial charge in [0.05, 0.1) is 17.6 Å². The van der Waals surface area contributed by atoms with Crippen LogP contribution in [0.3, 0.4) is 0 Å². The largest absolute Gasteiger partial charge is 0.468 e. The molecule has 0 aliphatic heterocycles. The molecule has 21 heavy (non-hydrogen) atoms. The van der Waals surface area contributed by atoms with E-state index in [1.807, 2.05) is 4.72 Å². The van der Waals surface area contributed by atoms with Crippen molar-refractivity contribution in [2.75, 3.05) is 13.7 Å². The predicted molar refractivity (Wildman–Crippen MR) is 68.3 cm³/mol. The van der Waals surface area contributed by atoms with Crippen LogP contribution < -0.4 is 4.72 Å². The van der Waals surface area contributed by atoms with Crippen LogP contribution in [0.5, 0.6) is 0 Å². The number of hydrogen-bond acceptors (Lipinski definition) is 4. The highest BCUT2D eigenvalue weighted by Crippen LogP contribution is 2.30. The zero-order chi connectivity index (χ0) is 16.3. The highest BCUT2D eigenvalue weighted by Gasteiger charge is 2.31. The zero-order valence-corrected chi connectivity index (χ0v) is 12.2. The van der Waals surface area contributed by atoms with Gasteiger partial charge in [0.25, 0.3) is 0 Å². The van der Waals surface area contributed by atoms with E-state index in [9.17, 15) is 26.4 Å². The first kappa shape index (κ1) is 17.7. The van der Waals surface area contributed by atoms with Gasteiger partial charge in [-0.15, -0.1) is 11.6 Å². The number of halogens is 4. The Morgan fingerprint density at radius 2 is 2.05 bits per heavy atom. The Labute approximate surface area is 124 Å². The van der Waals surface area contributed by atoms with Crippen molar-refractivity contribution in [2.45, 2.75) is 16.4 Å². The molecule has 0 spiro atoms. The number of nitrogens with one attached hydrogen (secondary N) is 1. The number of carbonyl (C=O) groups is 1. The Hall–Kier alpha value is -1.32. The lowest BCUT2D eigenvalue weighted by Crippen LogP contribution is -2.34.